The third-order valence-corrected chi connectivity index (χ3v) is 6.87. The van der Waals surface area contributed by atoms with E-state index >= 15 is 0 Å². The highest BCUT2D eigenvalue weighted by atomic mass is 16.6. The zero-order valence-electron chi connectivity index (χ0n) is 23.1. The van der Waals surface area contributed by atoms with Gasteiger partial charge in [-0.05, 0) is 50.8 Å². The number of alkyl carbamates (subject to hydrolysis) is 1. The van der Waals surface area contributed by atoms with E-state index in [1.165, 1.54) is 4.90 Å². The van der Waals surface area contributed by atoms with E-state index in [9.17, 15) is 19.2 Å². The van der Waals surface area contributed by atoms with Crippen molar-refractivity contribution >= 4 is 34.7 Å². The first kappa shape index (κ1) is 28.7. The molecule has 1 aliphatic rings. The van der Waals surface area contributed by atoms with Crippen molar-refractivity contribution in [2.24, 2.45) is 5.73 Å². The minimum Gasteiger partial charge on any atom is -0.444 e. The lowest BCUT2D eigenvalue weighted by molar-refractivity contribution is -0.140. The van der Waals surface area contributed by atoms with Crippen LogP contribution in [0.3, 0.4) is 0 Å². The van der Waals surface area contributed by atoms with Gasteiger partial charge in [0, 0.05) is 36.5 Å². The molecule has 0 radical (unpaired) electrons. The Hall–Kier alpha value is -4.34. The fraction of sp³-hybridized carbons (Fsp3) is 0.400. The van der Waals surface area contributed by atoms with Gasteiger partial charge in [0.25, 0.3) is 0 Å². The van der Waals surface area contributed by atoms with E-state index in [0.717, 1.165) is 22.0 Å². The molecule has 0 unspecified atom stereocenters. The molecule has 10 nitrogen and oxygen atoms in total. The maximum Gasteiger partial charge on any atom is 0.408 e. The Morgan fingerprint density at radius 3 is 2.40 bits per heavy atom. The SMILES string of the molecule is CC(C)(C)OC(=O)N[C@H](Cc1c[nH]c2ccccc12)C(=O)N1CCC[C@H]1C(=O)N[C@H](Cc1ccccc1)C(N)=O. The van der Waals surface area contributed by atoms with E-state index in [4.69, 9.17) is 10.5 Å². The van der Waals surface area contributed by atoms with Gasteiger partial charge in [0.1, 0.15) is 23.7 Å². The Morgan fingerprint density at radius 2 is 1.70 bits per heavy atom. The van der Waals surface area contributed by atoms with Gasteiger partial charge in [-0.25, -0.2) is 4.79 Å². The summed E-state index contributed by atoms with van der Waals surface area (Å²) in [4.78, 5) is 56.9. The van der Waals surface area contributed by atoms with Gasteiger partial charge in [0.15, 0.2) is 0 Å². The number of rotatable bonds is 9. The Labute approximate surface area is 233 Å². The van der Waals surface area contributed by atoms with E-state index in [1.807, 2.05) is 60.8 Å². The van der Waals surface area contributed by atoms with Gasteiger partial charge in [0.2, 0.25) is 17.7 Å². The molecule has 2 heterocycles. The van der Waals surface area contributed by atoms with E-state index in [1.54, 1.807) is 20.8 Å². The van der Waals surface area contributed by atoms with Crippen molar-refractivity contribution in [3.8, 4) is 0 Å². The second-order valence-corrected chi connectivity index (χ2v) is 11.1. The van der Waals surface area contributed by atoms with Crippen molar-refractivity contribution < 1.29 is 23.9 Å². The molecule has 0 aliphatic carbocycles. The molecule has 4 rings (SSSR count). The number of amides is 4. The van der Waals surface area contributed by atoms with Crippen molar-refractivity contribution in [3.05, 3.63) is 71.9 Å². The lowest BCUT2D eigenvalue weighted by atomic mass is 10.0. The standard InChI is InChI=1S/C30H37N5O5/c1-30(2,3)40-29(39)34-24(17-20-18-32-22-13-8-7-12-21(20)22)28(38)35-15-9-14-25(35)27(37)33-23(26(31)36)16-19-10-5-4-6-11-19/h4-8,10-13,18,23-25,32H,9,14-17H2,1-3H3,(H2,31,36)(H,33,37)(H,34,39)/t23-,24-,25+/m1/s1. The number of H-pyrrole nitrogens is 1. The van der Waals surface area contributed by atoms with E-state index in [2.05, 4.69) is 15.6 Å². The van der Waals surface area contributed by atoms with Crippen LogP contribution < -0.4 is 16.4 Å². The maximum absolute atomic E-state index is 13.9. The fourth-order valence-corrected chi connectivity index (χ4v) is 5.01. The van der Waals surface area contributed by atoms with Crippen LogP contribution in [0, 0.1) is 0 Å². The molecule has 1 fully saturated rings. The molecule has 212 valence electrons. The van der Waals surface area contributed by atoms with Crippen molar-refractivity contribution in [1.29, 1.82) is 0 Å². The van der Waals surface area contributed by atoms with Crippen LogP contribution in [0.4, 0.5) is 4.79 Å². The highest BCUT2D eigenvalue weighted by molar-refractivity contribution is 5.94. The Balaban J connectivity index is 1.53. The number of nitrogens with zero attached hydrogens (tertiary/aromatic N) is 1. The molecule has 40 heavy (non-hydrogen) atoms. The summed E-state index contributed by atoms with van der Waals surface area (Å²) >= 11 is 0. The number of nitrogens with one attached hydrogen (secondary N) is 3. The Bertz CT molecular complexity index is 1360. The molecule has 1 aliphatic heterocycles. The number of hydrogen-bond donors (Lipinski definition) is 4. The van der Waals surface area contributed by atoms with Crippen molar-refractivity contribution in [2.45, 2.75) is 70.2 Å². The largest absolute Gasteiger partial charge is 0.444 e. The Kier molecular flexibility index (Phi) is 8.77. The molecule has 3 aromatic rings. The highest BCUT2D eigenvalue weighted by Gasteiger charge is 2.39. The maximum atomic E-state index is 13.9. The average Bonchev–Trinajstić information content (AvgIpc) is 3.55. The number of carbonyl (C=O) groups is 4. The van der Waals surface area contributed by atoms with Crippen LogP contribution >= 0.6 is 0 Å². The van der Waals surface area contributed by atoms with Gasteiger partial charge in [-0.3, -0.25) is 14.4 Å². The summed E-state index contributed by atoms with van der Waals surface area (Å²) < 4.78 is 5.44. The number of carbonyl (C=O) groups excluding carboxylic acids is 4. The monoisotopic (exact) mass is 547 g/mol. The summed E-state index contributed by atoms with van der Waals surface area (Å²) in [6.45, 7) is 5.58. The number of hydrogen-bond acceptors (Lipinski definition) is 5. The number of primary amides is 1. The van der Waals surface area contributed by atoms with Crippen LogP contribution in [-0.2, 0) is 32.0 Å². The molecular formula is C30H37N5O5. The molecule has 3 atom stereocenters. The smallest absolute Gasteiger partial charge is 0.408 e. The van der Waals surface area contributed by atoms with Crippen LogP contribution in [0.5, 0.6) is 0 Å². The van der Waals surface area contributed by atoms with Crippen LogP contribution in [-0.4, -0.2) is 64.0 Å². The third kappa shape index (κ3) is 7.19. The fourth-order valence-electron chi connectivity index (χ4n) is 5.01. The highest BCUT2D eigenvalue weighted by Crippen LogP contribution is 2.23. The minimum absolute atomic E-state index is 0.199. The predicted octanol–water partition coefficient (Wildman–Crippen LogP) is 2.81. The van der Waals surface area contributed by atoms with Crippen molar-refractivity contribution in [2.75, 3.05) is 6.54 Å². The van der Waals surface area contributed by atoms with Crippen LogP contribution in [0.2, 0.25) is 0 Å². The third-order valence-electron chi connectivity index (χ3n) is 6.87. The molecule has 5 N–H and O–H groups in total. The zero-order valence-corrected chi connectivity index (χ0v) is 23.1. The lowest BCUT2D eigenvalue weighted by Crippen LogP contribution is -2.57. The topological polar surface area (TPSA) is 147 Å². The number of likely N-dealkylation sites (tertiary alicyclic amines) is 1. The van der Waals surface area contributed by atoms with Crippen LogP contribution in [0.15, 0.2) is 60.8 Å². The number of ether oxygens (including phenoxy) is 1. The van der Waals surface area contributed by atoms with Gasteiger partial charge in [-0.15, -0.1) is 0 Å². The first-order chi connectivity index (χ1) is 19.0. The van der Waals surface area contributed by atoms with Crippen LogP contribution in [0.25, 0.3) is 10.9 Å². The summed E-state index contributed by atoms with van der Waals surface area (Å²) in [5.41, 5.74) is 7.46. The van der Waals surface area contributed by atoms with Gasteiger partial charge in [-0.1, -0.05) is 48.5 Å². The number of aromatic nitrogens is 1. The summed E-state index contributed by atoms with van der Waals surface area (Å²) in [6, 6.07) is 14.3. The first-order valence-electron chi connectivity index (χ1n) is 13.5. The molecule has 0 bridgehead atoms. The Morgan fingerprint density at radius 1 is 1.00 bits per heavy atom. The van der Waals surface area contributed by atoms with E-state index in [-0.39, 0.29) is 12.8 Å². The molecule has 0 saturated carbocycles. The summed E-state index contributed by atoms with van der Waals surface area (Å²) in [5.74, 6) is -1.50. The average molecular weight is 548 g/mol. The number of fused-ring (bicyclic) bond motifs is 1. The molecule has 0 spiro atoms. The zero-order chi connectivity index (χ0) is 28.9. The van der Waals surface area contributed by atoms with E-state index < -0.39 is 47.5 Å². The second kappa shape index (κ2) is 12.2. The summed E-state index contributed by atoms with van der Waals surface area (Å²) in [5, 5.41) is 6.42. The number of nitrogens with two attached hydrogens (primary N) is 1. The summed E-state index contributed by atoms with van der Waals surface area (Å²) in [7, 11) is 0. The lowest BCUT2D eigenvalue weighted by Gasteiger charge is -2.30. The van der Waals surface area contributed by atoms with Crippen molar-refractivity contribution in [3.63, 3.8) is 0 Å². The first-order valence-corrected chi connectivity index (χ1v) is 13.5. The van der Waals surface area contributed by atoms with Crippen molar-refractivity contribution in [1.82, 2.24) is 20.5 Å². The molecule has 1 saturated heterocycles. The van der Waals surface area contributed by atoms with Gasteiger partial charge in [0.05, 0.1) is 0 Å². The minimum atomic E-state index is -0.973. The van der Waals surface area contributed by atoms with Gasteiger partial charge >= 0.3 is 6.09 Å². The normalized spacial score (nSPS) is 16.8. The molecule has 1 aromatic heterocycles. The number of para-hydroxylation sites is 1. The summed E-state index contributed by atoms with van der Waals surface area (Å²) in [6.07, 6.45) is 2.58. The number of benzene rings is 2. The molecular weight excluding hydrogens is 510 g/mol. The predicted molar refractivity (Wildman–Crippen MR) is 151 cm³/mol. The molecule has 4 amide bonds. The quantitative estimate of drug-likeness (QED) is 0.325. The van der Waals surface area contributed by atoms with E-state index in [0.29, 0.717) is 19.4 Å². The molecule has 10 heteroatoms. The van der Waals surface area contributed by atoms with Gasteiger partial charge < -0.3 is 31.0 Å². The van der Waals surface area contributed by atoms with Crippen LogP contribution in [0.1, 0.15) is 44.7 Å². The number of aromatic amines is 1. The second-order valence-electron chi connectivity index (χ2n) is 11.1. The molecule has 2 aromatic carbocycles. The van der Waals surface area contributed by atoms with Gasteiger partial charge in [-0.2, -0.15) is 0 Å².